The van der Waals surface area contributed by atoms with Crippen LogP contribution in [0.25, 0.3) is 0 Å². The Hall–Kier alpha value is -2.49. The predicted octanol–water partition coefficient (Wildman–Crippen LogP) is 3.02. The monoisotopic (exact) mass is 241 g/mol. The van der Waals surface area contributed by atoms with E-state index in [0.29, 0.717) is 12.0 Å². The van der Waals surface area contributed by atoms with Crippen molar-refractivity contribution in [1.82, 2.24) is 0 Å². The summed E-state index contributed by atoms with van der Waals surface area (Å²) in [5, 5.41) is 10.5. The van der Waals surface area contributed by atoms with Gasteiger partial charge in [-0.2, -0.15) is 0 Å². The molecule has 2 aromatic carbocycles. The Bertz CT molecular complexity index is 561. The number of hydrogen-bond acceptors (Lipinski definition) is 3. The van der Waals surface area contributed by atoms with Crippen molar-refractivity contribution in [2.45, 2.75) is 6.42 Å². The van der Waals surface area contributed by atoms with Gasteiger partial charge in [-0.15, -0.1) is 0 Å². The Morgan fingerprint density at radius 2 is 1.61 bits per heavy atom. The fraction of sp³-hybridized carbons (Fsp3) is 0.0714. The first-order valence-corrected chi connectivity index (χ1v) is 5.48. The van der Waals surface area contributed by atoms with Gasteiger partial charge >= 0.3 is 0 Å². The van der Waals surface area contributed by atoms with Gasteiger partial charge in [0, 0.05) is 24.1 Å². The first-order chi connectivity index (χ1) is 8.66. The lowest BCUT2D eigenvalue weighted by molar-refractivity contribution is -0.384. The summed E-state index contributed by atoms with van der Waals surface area (Å²) in [5.41, 5.74) is 1.41. The van der Waals surface area contributed by atoms with Gasteiger partial charge in [-0.05, 0) is 17.7 Å². The van der Waals surface area contributed by atoms with Crippen molar-refractivity contribution in [2.75, 3.05) is 0 Å². The molecule has 0 spiro atoms. The number of benzene rings is 2. The largest absolute Gasteiger partial charge is 0.294 e. The normalized spacial score (nSPS) is 10.0. The summed E-state index contributed by atoms with van der Waals surface area (Å²) >= 11 is 0. The summed E-state index contributed by atoms with van der Waals surface area (Å²) in [6, 6.07) is 15.1. The van der Waals surface area contributed by atoms with Crippen LogP contribution in [0.4, 0.5) is 5.69 Å². The third-order valence-corrected chi connectivity index (χ3v) is 2.61. The molecule has 0 bridgehead atoms. The summed E-state index contributed by atoms with van der Waals surface area (Å²) in [7, 11) is 0. The molecule has 4 heteroatoms. The first kappa shape index (κ1) is 12.0. The average Bonchev–Trinajstić information content (AvgIpc) is 2.40. The lowest BCUT2D eigenvalue weighted by Gasteiger charge is -2.01. The zero-order valence-corrected chi connectivity index (χ0v) is 9.58. The molecule has 2 rings (SSSR count). The van der Waals surface area contributed by atoms with E-state index in [1.165, 1.54) is 24.3 Å². The van der Waals surface area contributed by atoms with E-state index in [1.54, 1.807) is 0 Å². The molecular weight excluding hydrogens is 230 g/mol. The minimum Gasteiger partial charge on any atom is -0.294 e. The van der Waals surface area contributed by atoms with Crippen LogP contribution in [0.15, 0.2) is 54.6 Å². The molecule has 0 amide bonds. The molecule has 90 valence electrons. The zero-order valence-electron chi connectivity index (χ0n) is 9.58. The molecule has 0 atom stereocenters. The molecule has 0 saturated heterocycles. The Kier molecular flexibility index (Phi) is 3.48. The van der Waals surface area contributed by atoms with Gasteiger partial charge in [0.1, 0.15) is 0 Å². The maximum Gasteiger partial charge on any atom is 0.269 e. The van der Waals surface area contributed by atoms with E-state index in [0.717, 1.165) is 5.56 Å². The highest BCUT2D eigenvalue weighted by Gasteiger charge is 2.09. The summed E-state index contributed by atoms with van der Waals surface area (Å²) in [4.78, 5) is 21.9. The summed E-state index contributed by atoms with van der Waals surface area (Å²) in [6.45, 7) is 0. The van der Waals surface area contributed by atoms with Gasteiger partial charge in [-0.25, -0.2) is 0 Å². The number of rotatable bonds is 4. The number of nitro groups is 1. The second kappa shape index (κ2) is 5.23. The lowest BCUT2D eigenvalue weighted by Crippen LogP contribution is -2.03. The number of carbonyl (C=O) groups excluding carboxylic acids is 1. The summed E-state index contributed by atoms with van der Waals surface area (Å²) in [6.07, 6.45) is 0.304. The number of hydrogen-bond donors (Lipinski definition) is 0. The molecule has 0 heterocycles. The number of ketones is 1. The predicted molar refractivity (Wildman–Crippen MR) is 67.6 cm³/mol. The third kappa shape index (κ3) is 2.79. The Morgan fingerprint density at radius 3 is 2.17 bits per heavy atom. The van der Waals surface area contributed by atoms with Crippen LogP contribution in [-0.2, 0) is 6.42 Å². The number of nitro benzene ring substituents is 1. The van der Waals surface area contributed by atoms with Crippen LogP contribution in [0.2, 0.25) is 0 Å². The van der Waals surface area contributed by atoms with Crippen LogP contribution in [0.5, 0.6) is 0 Å². The third-order valence-electron chi connectivity index (χ3n) is 2.61. The second-order valence-electron chi connectivity index (χ2n) is 3.89. The highest BCUT2D eigenvalue weighted by molar-refractivity contribution is 5.97. The highest BCUT2D eigenvalue weighted by atomic mass is 16.6. The van der Waals surface area contributed by atoms with Crippen LogP contribution in [0, 0.1) is 10.1 Å². The Labute approximate surface area is 104 Å². The molecule has 0 aliphatic heterocycles. The fourth-order valence-electron chi connectivity index (χ4n) is 1.65. The molecule has 0 aliphatic carbocycles. The van der Waals surface area contributed by atoms with E-state index in [2.05, 4.69) is 0 Å². The molecule has 0 saturated carbocycles. The van der Waals surface area contributed by atoms with E-state index in [9.17, 15) is 14.9 Å². The van der Waals surface area contributed by atoms with E-state index in [4.69, 9.17) is 0 Å². The SMILES string of the molecule is O=C(Cc1ccccc1)c1ccc([N+](=O)[O-])cc1. The number of Topliss-reactive ketones (excluding diaryl/α,β-unsaturated/α-hetero) is 1. The molecule has 0 radical (unpaired) electrons. The number of carbonyl (C=O) groups is 1. The van der Waals surface area contributed by atoms with Gasteiger partial charge in [0.05, 0.1) is 4.92 Å². The van der Waals surface area contributed by atoms with Crippen molar-refractivity contribution >= 4 is 11.5 Å². The van der Waals surface area contributed by atoms with Crippen molar-refractivity contribution in [3.63, 3.8) is 0 Å². The van der Waals surface area contributed by atoms with Gasteiger partial charge in [-0.1, -0.05) is 30.3 Å². The fourth-order valence-corrected chi connectivity index (χ4v) is 1.65. The van der Waals surface area contributed by atoms with Crippen LogP contribution in [0.3, 0.4) is 0 Å². The standard InChI is InChI=1S/C14H11NO3/c16-14(10-11-4-2-1-3-5-11)12-6-8-13(9-7-12)15(17)18/h1-9H,10H2. The molecule has 18 heavy (non-hydrogen) atoms. The molecular formula is C14H11NO3. The molecule has 4 nitrogen and oxygen atoms in total. The smallest absolute Gasteiger partial charge is 0.269 e. The Balaban J connectivity index is 2.12. The van der Waals surface area contributed by atoms with Gasteiger partial charge in [0.2, 0.25) is 0 Å². The molecule has 0 aromatic heterocycles. The zero-order chi connectivity index (χ0) is 13.0. The molecule has 0 unspecified atom stereocenters. The van der Waals surface area contributed by atoms with Crippen molar-refractivity contribution in [2.24, 2.45) is 0 Å². The molecule has 0 aliphatic rings. The van der Waals surface area contributed by atoms with Crippen molar-refractivity contribution in [3.8, 4) is 0 Å². The van der Waals surface area contributed by atoms with E-state index in [1.807, 2.05) is 30.3 Å². The van der Waals surface area contributed by atoms with Crippen LogP contribution in [-0.4, -0.2) is 10.7 Å². The average molecular weight is 241 g/mol. The summed E-state index contributed by atoms with van der Waals surface area (Å²) in [5.74, 6) is -0.0453. The van der Waals surface area contributed by atoms with Gasteiger partial charge in [-0.3, -0.25) is 14.9 Å². The highest BCUT2D eigenvalue weighted by Crippen LogP contribution is 2.14. The maximum atomic E-state index is 11.9. The van der Waals surface area contributed by atoms with Crippen molar-refractivity contribution < 1.29 is 9.72 Å². The molecule has 0 fully saturated rings. The van der Waals surface area contributed by atoms with Crippen molar-refractivity contribution in [3.05, 3.63) is 75.8 Å². The molecule has 0 N–H and O–H groups in total. The van der Waals surface area contributed by atoms with Crippen LogP contribution < -0.4 is 0 Å². The van der Waals surface area contributed by atoms with Gasteiger partial charge in [0.15, 0.2) is 5.78 Å². The van der Waals surface area contributed by atoms with E-state index in [-0.39, 0.29) is 11.5 Å². The minimum absolute atomic E-state index is 0.00809. The number of nitrogens with zero attached hydrogens (tertiary/aromatic N) is 1. The van der Waals surface area contributed by atoms with Crippen LogP contribution >= 0.6 is 0 Å². The maximum absolute atomic E-state index is 11.9. The van der Waals surface area contributed by atoms with Gasteiger partial charge in [0.25, 0.3) is 5.69 Å². The van der Waals surface area contributed by atoms with Crippen molar-refractivity contribution in [1.29, 1.82) is 0 Å². The molecule has 2 aromatic rings. The lowest BCUT2D eigenvalue weighted by atomic mass is 10.0. The van der Waals surface area contributed by atoms with Crippen LogP contribution in [0.1, 0.15) is 15.9 Å². The van der Waals surface area contributed by atoms with Gasteiger partial charge < -0.3 is 0 Å². The quantitative estimate of drug-likeness (QED) is 0.469. The van der Waals surface area contributed by atoms with E-state index < -0.39 is 4.92 Å². The Morgan fingerprint density at radius 1 is 1.00 bits per heavy atom. The minimum atomic E-state index is -0.481. The summed E-state index contributed by atoms with van der Waals surface area (Å²) < 4.78 is 0. The van der Waals surface area contributed by atoms with E-state index >= 15 is 0 Å². The topological polar surface area (TPSA) is 60.2 Å². The second-order valence-corrected chi connectivity index (χ2v) is 3.89. The number of non-ortho nitro benzene ring substituents is 1. The first-order valence-electron chi connectivity index (χ1n) is 5.48.